The summed E-state index contributed by atoms with van der Waals surface area (Å²) in [6, 6.07) is 5.92. The minimum Gasteiger partial charge on any atom is -0.468 e. The summed E-state index contributed by atoms with van der Waals surface area (Å²) in [6.07, 6.45) is 1.69. The lowest BCUT2D eigenvalue weighted by atomic mass is 10.3. The van der Waals surface area contributed by atoms with Gasteiger partial charge in [-0.2, -0.15) is 11.8 Å². The first-order valence-electron chi connectivity index (χ1n) is 7.23. The molecule has 1 fully saturated rings. The maximum atomic E-state index is 12.1. The topological polar surface area (TPSA) is 46.6 Å². The van der Waals surface area contributed by atoms with E-state index in [1.165, 1.54) is 0 Å². The number of carbonyl (C=O) groups is 1. The molecule has 0 aliphatic carbocycles. The van der Waals surface area contributed by atoms with Crippen molar-refractivity contribution in [1.82, 2.24) is 4.90 Å². The normalized spacial score (nSPS) is 18.4. The van der Waals surface area contributed by atoms with E-state index in [0.29, 0.717) is 5.75 Å². The van der Waals surface area contributed by atoms with Crippen LogP contribution in [0, 0.1) is 13.8 Å². The van der Waals surface area contributed by atoms with Gasteiger partial charge in [0.05, 0.1) is 17.8 Å². The van der Waals surface area contributed by atoms with Crippen LogP contribution in [-0.4, -0.2) is 28.9 Å². The molecular weight excluding hydrogens is 318 g/mol. The third-order valence-corrected chi connectivity index (χ3v) is 5.87. The van der Waals surface area contributed by atoms with Gasteiger partial charge in [0, 0.05) is 12.3 Å². The third-order valence-electron chi connectivity index (χ3n) is 3.70. The van der Waals surface area contributed by atoms with Crippen LogP contribution in [0.3, 0.4) is 0 Å². The van der Waals surface area contributed by atoms with Crippen molar-refractivity contribution in [2.24, 2.45) is 0 Å². The first kappa shape index (κ1) is 15.6. The van der Waals surface area contributed by atoms with Gasteiger partial charge in [0.15, 0.2) is 0 Å². The SMILES string of the molecule is Cc1cc(C2SCC(=O)N2CCSCc2ccco2)oc1C. The predicted octanol–water partition coefficient (Wildman–Crippen LogP) is 4.00. The van der Waals surface area contributed by atoms with E-state index in [2.05, 4.69) is 6.07 Å². The Kier molecular flexibility index (Phi) is 4.88. The van der Waals surface area contributed by atoms with Gasteiger partial charge in [-0.15, -0.1) is 11.8 Å². The van der Waals surface area contributed by atoms with Gasteiger partial charge in [0.1, 0.15) is 22.7 Å². The number of amides is 1. The molecule has 1 unspecified atom stereocenters. The molecule has 0 bridgehead atoms. The largest absolute Gasteiger partial charge is 0.468 e. The Morgan fingerprint density at radius 1 is 1.45 bits per heavy atom. The third kappa shape index (κ3) is 3.38. The highest BCUT2D eigenvalue weighted by Crippen LogP contribution is 2.40. The van der Waals surface area contributed by atoms with Gasteiger partial charge < -0.3 is 13.7 Å². The molecule has 4 nitrogen and oxygen atoms in total. The van der Waals surface area contributed by atoms with Crippen molar-refractivity contribution in [2.45, 2.75) is 25.0 Å². The molecule has 118 valence electrons. The van der Waals surface area contributed by atoms with E-state index < -0.39 is 0 Å². The van der Waals surface area contributed by atoms with Gasteiger partial charge in [0.25, 0.3) is 0 Å². The number of carbonyl (C=O) groups excluding carboxylic acids is 1. The Hall–Kier alpha value is -1.27. The standard InChI is InChI=1S/C16H19NO3S2/c1-11-8-14(20-12(11)2)16-17(15(18)10-22-16)5-7-21-9-13-4-3-6-19-13/h3-4,6,8,16H,5,7,9-10H2,1-2H3. The average Bonchev–Trinajstić information content (AvgIpc) is 3.19. The molecule has 1 atom stereocenters. The van der Waals surface area contributed by atoms with Gasteiger partial charge in [0.2, 0.25) is 5.91 Å². The molecule has 2 aromatic heterocycles. The Morgan fingerprint density at radius 3 is 3.00 bits per heavy atom. The lowest BCUT2D eigenvalue weighted by molar-refractivity contribution is -0.128. The Balaban J connectivity index is 1.56. The summed E-state index contributed by atoms with van der Waals surface area (Å²) in [6.45, 7) is 4.73. The number of aryl methyl sites for hydroxylation is 2. The fourth-order valence-electron chi connectivity index (χ4n) is 2.39. The average molecular weight is 337 g/mol. The van der Waals surface area contributed by atoms with Crippen molar-refractivity contribution in [3.8, 4) is 0 Å². The van der Waals surface area contributed by atoms with E-state index in [1.54, 1.807) is 29.8 Å². The summed E-state index contributed by atoms with van der Waals surface area (Å²) in [4.78, 5) is 14.0. The molecule has 0 N–H and O–H groups in total. The van der Waals surface area contributed by atoms with E-state index in [1.807, 2.05) is 30.9 Å². The molecule has 0 radical (unpaired) electrons. The van der Waals surface area contributed by atoms with Gasteiger partial charge in [-0.05, 0) is 37.6 Å². The minimum atomic E-state index is 0.0177. The van der Waals surface area contributed by atoms with Crippen LogP contribution in [0.2, 0.25) is 0 Å². The number of rotatable bonds is 6. The Morgan fingerprint density at radius 2 is 2.32 bits per heavy atom. The van der Waals surface area contributed by atoms with Crippen molar-refractivity contribution < 1.29 is 13.6 Å². The van der Waals surface area contributed by atoms with E-state index >= 15 is 0 Å². The smallest absolute Gasteiger partial charge is 0.233 e. The maximum absolute atomic E-state index is 12.1. The number of hydrogen-bond acceptors (Lipinski definition) is 5. The fraction of sp³-hybridized carbons (Fsp3) is 0.438. The Bertz CT molecular complexity index is 616. The highest BCUT2D eigenvalue weighted by molar-refractivity contribution is 8.00. The summed E-state index contributed by atoms with van der Waals surface area (Å²) >= 11 is 3.42. The summed E-state index contributed by atoms with van der Waals surface area (Å²) in [5, 5.41) is 0.0177. The second kappa shape index (κ2) is 6.87. The van der Waals surface area contributed by atoms with Gasteiger partial charge >= 0.3 is 0 Å². The van der Waals surface area contributed by atoms with Crippen LogP contribution in [0.15, 0.2) is 33.3 Å². The second-order valence-corrected chi connectivity index (χ2v) is 7.44. The summed E-state index contributed by atoms with van der Waals surface area (Å²) in [5.74, 6) is 5.26. The number of thioether (sulfide) groups is 2. The molecule has 6 heteroatoms. The lowest BCUT2D eigenvalue weighted by Crippen LogP contribution is -2.30. The molecule has 3 rings (SSSR count). The lowest BCUT2D eigenvalue weighted by Gasteiger charge is -2.22. The Labute approximate surface area is 138 Å². The van der Waals surface area contributed by atoms with Crippen LogP contribution in [0.5, 0.6) is 0 Å². The zero-order valence-electron chi connectivity index (χ0n) is 12.7. The van der Waals surface area contributed by atoms with Crippen molar-refractivity contribution in [3.05, 3.63) is 47.3 Å². The number of furan rings is 2. The molecule has 0 aromatic carbocycles. The quantitative estimate of drug-likeness (QED) is 0.746. The summed E-state index contributed by atoms with van der Waals surface area (Å²) in [7, 11) is 0. The van der Waals surface area contributed by atoms with Crippen LogP contribution in [0.4, 0.5) is 0 Å². The van der Waals surface area contributed by atoms with Crippen molar-refractivity contribution in [3.63, 3.8) is 0 Å². The molecule has 2 aromatic rings. The predicted molar refractivity (Wildman–Crippen MR) is 90.0 cm³/mol. The van der Waals surface area contributed by atoms with E-state index in [0.717, 1.165) is 40.9 Å². The summed E-state index contributed by atoms with van der Waals surface area (Å²) in [5.41, 5.74) is 1.14. The minimum absolute atomic E-state index is 0.0177. The fourth-order valence-corrected chi connectivity index (χ4v) is 4.37. The van der Waals surface area contributed by atoms with Crippen LogP contribution < -0.4 is 0 Å². The van der Waals surface area contributed by atoms with Crippen molar-refractivity contribution in [1.29, 1.82) is 0 Å². The molecule has 1 saturated heterocycles. The first-order chi connectivity index (χ1) is 10.6. The molecule has 1 aliphatic heterocycles. The molecular formula is C16H19NO3S2. The molecule has 1 amide bonds. The van der Waals surface area contributed by atoms with Crippen LogP contribution in [0.25, 0.3) is 0 Å². The van der Waals surface area contributed by atoms with Crippen LogP contribution in [0.1, 0.15) is 28.2 Å². The van der Waals surface area contributed by atoms with Crippen LogP contribution >= 0.6 is 23.5 Å². The molecule has 22 heavy (non-hydrogen) atoms. The highest BCUT2D eigenvalue weighted by Gasteiger charge is 2.34. The highest BCUT2D eigenvalue weighted by atomic mass is 32.2. The maximum Gasteiger partial charge on any atom is 0.233 e. The molecule has 3 heterocycles. The van der Waals surface area contributed by atoms with E-state index in [-0.39, 0.29) is 11.3 Å². The number of nitrogens with zero attached hydrogens (tertiary/aromatic N) is 1. The summed E-state index contributed by atoms with van der Waals surface area (Å²) < 4.78 is 11.1. The first-order valence-corrected chi connectivity index (χ1v) is 9.43. The molecule has 1 aliphatic rings. The zero-order valence-corrected chi connectivity index (χ0v) is 14.3. The van der Waals surface area contributed by atoms with E-state index in [9.17, 15) is 4.79 Å². The zero-order chi connectivity index (χ0) is 15.5. The van der Waals surface area contributed by atoms with Crippen LogP contribution in [-0.2, 0) is 10.5 Å². The van der Waals surface area contributed by atoms with Crippen molar-refractivity contribution in [2.75, 3.05) is 18.1 Å². The molecule has 0 spiro atoms. The second-order valence-electron chi connectivity index (χ2n) is 5.27. The molecule has 0 saturated carbocycles. The van der Waals surface area contributed by atoms with Gasteiger partial charge in [-0.3, -0.25) is 4.79 Å². The van der Waals surface area contributed by atoms with Gasteiger partial charge in [-0.25, -0.2) is 0 Å². The number of hydrogen-bond donors (Lipinski definition) is 0. The monoisotopic (exact) mass is 337 g/mol. The van der Waals surface area contributed by atoms with Crippen molar-refractivity contribution >= 4 is 29.4 Å². The van der Waals surface area contributed by atoms with E-state index in [4.69, 9.17) is 8.83 Å². The van der Waals surface area contributed by atoms with Gasteiger partial charge in [-0.1, -0.05) is 0 Å².